The first kappa shape index (κ1) is 14.3. The maximum Gasteiger partial charge on any atom is 0.279 e. The van der Waals surface area contributed by atoms with Gasteiger partial charge in [-0.1, -0.05) is 12.1 Å². The number of piperazine rings is 1. The van der Waals surface area contributed by atoms with Crippen LogP contribution in [0.2, 0.25) is 0 Å². The number of methoxy groups -OCH3 is 1. The van der Waals surface area contributed by atoms with Gasteiger partial charge in [0.15, 0.2) is 0 Å². The minimum Gasteiger partial charge on any atom is -0.497 e. The van der Waals surface area contributed by atoms with E-state index in [9.17, 15) is 8.42 Å². The molecule has 1 aliphatic heterocycles. The molecule has 0 saturated carbocycles. The van der Waals surface area contributed by atoms with E-state index in [1.165, 1.54) is 4.31 Å². The van der Waals surface area contributed by atoms with E-state index < -0.39 is 10.2 Å². The average Bonchev–Trinajstić information content (AvgIpc) is 2.46. The van der Waals surface area contributed by atoms with Crippen LogP contribution in [0.15, 0.2) is 24.3 Å². The fourth-order valence-electron chi connectivity index (χ4n) is 1.93. The molecule has 7 heteroatoms. The molecular weight excluding hydrogens is 266 g/mol. The lowest BCUT2D eigenvalue weighted by molar-refractivity contribution is 0.354. The number of nitrogens with one attached hydrogen (secondary N) is 2. The number of hydrogen-bond acceptors (Lipinski definition) is 4. The molecule has 1 aliphatic rings. The quantitative estimate of drug-likeness (QED) is 0.795. The third kappa shape index (κ3) is 3.90. The van der Waals surface area contributed by atoms with Crippen LogP contribution in [0, 0.1) is 0 Å². The molecule has 1 saturated heterocycles. The second-order valence-electron chi connectivity index (χ2n) is 4.33. The summed E-state index contributed by atoms with van der Waals surface area (Å²) in [5.41, 5.74) is 0.873. The van der Waals surface area contributed by atoms with Crippen molar-refractivity contribution < 1.29 is 13.2 Å². The van der Waals surface area contributed by atoms with E-state index in [0.717, 1.165) is 11.3 Å². The van der Waals surface area contributed by atoms with Crippen molar-refractivity contribution in [1.29, 1.82) is 0 Å². The number of hydrogen-bond donors (Lipinski definition) is 2. The fraction of sp³-hybridized carbons (Fsp3) is 0.500. The van der Waals surface area contributed by atoms with Crippen LogP contribution in [0.1, 0.15) is 5.56 Å². The molecule has 1 fully saturated rings. The normalized spacial score (nSPS) is 17.3. The summed E-state index contributed by atoms with van der Waals surface area (Å²) in [5.74, 6) is 0.721. The van der Waals surface area contributed by atoms with Crippen molar-refractivity contribution in [2.45, 2.75) is 6.54 Å². The van der Waals surface area contributed by atoms with Crippen molar-refractivity contribution in [3.63, 3.8) is 0 Å². The first-order valence-electron chi connectivity index (χ1n) is 6.20. The van der Waals surface area contributed by atoms with E-state index in [4.69, 9.17) is 4.74 Å². The van der Waals surface area contributed by atoms with E-state index in [0.29, 0.717) is 26.2 Å². The molecule has 2 N–H and O–H groups in total. The molecule has 0 aliphatic carbocycles. The van der Waals surface area contributed by atoms with Crippen molar-refractivity contribution in [2.24, 2.45) is 0 Å². The SMILES string of the molecule is COc1cccc(CNS(=O)(=O)N2CCNCC2)c1. The number of rotatable bonds is 5. The lowest BCUT2D eigenvalue weighted by Crippen LogP contribution is -2.50. The Morgan fingerprint density at radius 1 is 1.37 bits per heavy atom. The third-order valence-corrected chi connectivity index (χ3v) is 4.56. The minimum absolute atomic E-state index is 0.267. The number of benzene rings is 1. The second kappa shape index (κ2) is 6.33. The van der Waals surface area contributed by atoms with Gasteiger partial charge in [0.2, 0.25) is 0 Å². The summed E-state index contributed by atoms with van der Waals surface area (Å²) in [4.78, 5) is 0. The zero-order chi connectivity index (χ0) is 13.7. The Kier molecular flexibility index (Phi) is 4.76. The zero-order valence-corrected chi connectivity index (χ0v) is 11.7. The van der Waals surface area contributed by atoms with Crippen molar-refractivity contribution >= 4 is 10.2 Å². The topological polar surface area (TPSA) is 70.7 Å². The summed E-state index contributed by atoms with van der Waals surface area (Å²) in [7, 11) is -1.81. The Morgan fingerprint density at radius 3 is 2.79 bits per heavy atom. The average molecular weight is 285 g/mol. The standard InChI is InChI=1S/C12H19N3O3S/c1-18-12-4-2-3-11(9-12)10-14-19(16,17)15-7-5-13-6-8-15/h2-4,9,13-14H,5-8,10H2,1H3. The molecule has 0 radical (unpaired) electrons. The van der Waals surface area contributed by atoms with Gasteiger partial charge in [-0.15, -0.1) is 0 Å². The Hall–Kier alpha value is -1.15. The highest BCUT2D eigenvalue weighted by molar-refractivity contribution is 7.87. The van der Waals surface area contributed by atoms with Crippen LogP contribution in [0.4, 0.5) is 0 Å². The molecule has 2 rings (SSSR count). The Balaban J connectivity index is 1.96. The molecule has 0 atom stereocenters. The molecule has 0 spiro atoms. The van der Waals surface area contributed by atoms with Crippen molar-refractivity contribution in [3.8, 4) is 5.75 Å². The van der Waals surface area contributed by atoms with Gasteiger partial charge in [0.25, 0.3) is 10.2 Å². The van der Waals surface area contributed by atoms with Crippen LogP contribution in [0.5, 0.6) is 5.75 Å². The lowest BCUT2D eigenvalue weighted by atomic mass is 10.2. The molecule has 0 bridgehead atoms. The molecule has 0 amide bonds. The van der Waals surface area contributed by atoms with Crippen LogP contribution in [-0.2, 0) is 16.8 Å². The van der Waals surface area contributed by atoms with Crippen LogP contribution in [-0.4, -0.2) is 46.0 Å². The highest BCUT2D eigenvalue weighted by Gasteiger charge is 2.22. The highest BCUT2D eigenvalue weighted by atomic mass is 32.2. The predicted octanol–water partition coefficient (Wildman–Crippen LogP) is -0.0652. The maximum atomic E-state index is 12.1. The predicted molar refractivity (Wildman–Crippen MR) is 73.2 cm³/mol. The number of ether oxygens (including phenoxy) is 1. The van der Waals surface area contributed by atoms with Crippen LogP contribution >= 0.6 is 0 Å². The summed E-state index contributed by atoms with van der Waals surface area (Å²) in [6.45, 7) is 2.67. The van der Waals surface area contributed by atoms with E-state index in [1.807, 2.05) is 24.3 Å². The largest absolute Gasteiger partial charge is 0.497 e. The van der Waals surface area contributed by atoms with E-state index in [-0.39, 0.29) is 6.54 Å². The maximum absolute atomic E-state index is 12.1. The molecule has 106 valence electrons. The first-order valence-corrected chi connectivity index (χ1v) is 7.64. The van der Waals surface area contributed by atoms with Gasteiger partial charge in [0, 0.05) is 32.7 Å². The third-order valence-electron chi connectivity index (χ3n) is 3.01. The Bertz CT molecular complexity index is 513. The minimum atomic E-state index is -3.40. The van der Waals surface area contributed by atoms with Crippen molar-refractivity contribution in [3.05, 3.63) is 29.8 Å². The molecule has 1 heterocycles. The summed E-state index contributed by atoms with van der Waals surface area (Å²) < 4.78 is 33.3. The first-order chi connectivity index (χ1) is 9.12. The van der Waals surface area contributed by atoms with Gasteiger partial charge in [0.05, 0.1) is 7.11 Å². The fourth-order valence-corrected chi connectivity index (χ4v) is 3.13. The van der Waals surface area contributed by atoms with Crippen molar-refractivity contribution in [2.75, 3.05) is 33.3 Å². The van der Waals surface area contributed by atoms with Gasteiger partial charge < -0.3 is 10.1 Å². The van der Waals surface area contributed by atoms with E-state index >= 15 is 0 Å². The van der Waals surface area contributed by atoms with Gasteiger partial charge in [-0.2, -0.15) is 17.4 Å². The molecule has 0 aromatic heterocycles. The molecule has 6 nitrogen and oxygen atoms in total. The Labute approximate surface area is 113 Å². The van der Waals surface area contributed by atoms with Gasteiger partial charge >= 0.3 is 0 Å². The van der Waals surface area contributed by atoms with Crippen LogP contribution < -0.4 is 14.8 Å². The van der Waals surface area contributed by atoms with E-state index in [1.54, 1.807) is 7.11 Å². The van der Waals surface area contributed by atoms with Gasteiger partial charge in [-0.05, 0) is 17.7 Å². The smallest absolute Gasteiger partial charge is 0.279 e. The van der Waals surface area contributed by atoms with Crippen LogP contribution in [0.3, 0.4) is 0 Å². The Morgan fingerprint density at radius 2 is 2.11 bits per heavy atom. The number of nitrogens with zero attached hydrogens (tertiary/aromatic N) is 1. The second-order valence-corrected chi connectivity index (χ2v) is 6.08. The monoisotopic (exact) mass is 285 g/mol. The molecular formula is C12H19N3O3S. The van der Waals surface area contributed by atoms with Gasteiger partial charge in [0.1, 0.15) is 5.75 Å². The zero-order valence-electron chi connectivity index (χ0n) is 10.9. The molecule has 19 heavy (non-hydrogen) atoms. The summed E-state index contributed by atoms with van der Waals surface area (Å²) in [6, 6.07) is 7.35. The van der Waals surface area contributed by atoms with Gasteiger partial charge in [-0.3, -0.25) is 0 Å². The molecule has 1 aromatic rings. The lowest BCUT2D eigenvalue weighted by Gasteiger charge is -2.26. The summed E-state index contributed by atoms with van der Waals surface area (Å²) in [5, 5.41) is 3.13. The van der Waals surface area contributed by atoms with E-state index in [2.05, 4.69) is 10.0 Å². The van der Waals surface area contributed by atoms with Crippen molar-refractivity contribution in [1.82, 2.24) is 14.3 Å². The van der Waals surface area contributed by atoms with Gasteiger partial charge in [-0.25, -0.2) is 0 Å². The molecule has 0 unspecified atom stereocenters. The highest BCUT2D eigenvalue weighted by Crippen LogP contribution is 2.12. The molecule has 1 aromatic carbocycles. The summed E-state index contributed by atoms with van der Waals surface area (Å²) in [6.07, 6.45) is 0. The summed E-state index contributed by atoms with van der Waals surface area (Å²) >= 11 is 0. The van der Waals surface area contributed by atoms with Crippen LogP contribution in [0.25, 0.3) is 0 Å².